The second-order valence-corrected chi connectivity index (χ2v) is 5.93. The summed E-state index contributed by atoms with van der Waals surface area (Å²) < 4.78 is 4.85. The third-order valence-electron chi connectivity index (χ3n) is 3.67. The number of benzene rings is 2. The zero-order chi connectivity index (χ0) is 17.9. The van der Waals surface area contributed by atoms with Crippen LogP contribution in [0, 0.1) is 0 Å². The van der Waals surface area contributed by atoms with E-state index in [4.69, 9.17) is 17.0 Å². The lowest BCUT2D eigenvalue weighted by molar-refractivity contribution is -0.143. The molecule has 0 fully saturated rings. The van der Waals surface area contributed by atoms with Gasteiger partial charge in [0.25, 0.3) is 0 Å². The molecule has 0 aliphatic heterocycles. The molecule has 0 amide bonds. The van der Waals surface area contributed by atoms with E-state index in [0.717, 1.165) is 12.0 Å². The van der Waals surface area contributed by atoms with Gasteiger partial charge in [0.15, 0.2) is 5.11 Å². The van der Waals surface area contributed by atoms with Gasteiger partial charge in [0, 0.05) is 13.0 Å². The van der Waals surface area contributed by atoms with Gasteiger partial charge in [-0.3, -0.25) is 10.2 Å². The van der Waals surface area contributed by atoms with E-state index in [1.807, 2.05) is 48.5 Å². The summed E-state index contributed by atoms with van der Waals surface area (Å²) in [5.41, 5.74) is 8.09. The minimum Gasteiger partial charge on any atom is -0.468 e. The SMILES string of the molecule is COC(=O)[C@H](Cc1ccccc1)NNC(=S)NCCc1ccccc1. The Hall–Kier alpha value is -2.44. The van der Waals surface area contributed by atoms with E-state index in [1.165, 1.54) is 12.7 Å². The van der Waals surface area contributed by atoms with E-state index in [1.54, 1.807) is 0 Å². The number of hydrogen-bond donors (Lipinski definition) is 3. The van der Waals surface area contributed by atoms with Crippen molar-refractivity contribution in [2.24, 2.45) is 0 Å². The fraction of sp³-hybridized carbons (Fsp3) is 0.263. The van der Waals surface area contributed by atoms with Crippen molar-refractivity contribution < 1.29 is 9.53 Å². The highest BCUT2D eigenvalue weighted by atomic mass is 32.1. The van der Waals surface area contributed by atoms with Crippen LogP contribution in [0.4, 0.5) is 0 Å². The molecule has 0 radical (unpaired) electrons. The lowest BCUT2D eigenvalue weighted by Crippen LogP contribution is -2.52. The normalized spacial score (nSPS) is 11.4. The van der Waals surface area contributed by atoms with Crippen LogP contribution in [0.1, 0.15) is 11.1 Å². The summed E-state index contributed by atoms with van der Waals surface area (Å²) in [7, 11) is 1.37. The van der Waals surface area contributed by atoms with Gasteiger partial charge in [-0.15, -0.1) is 0 Å². The van der Waals surface area contributed by atoms with Gasteiger partial charge in [-0.25, -0.2) is 5.43 Å². The lowest BCUT2D eigenvalue weighted by Gasteiger charge is -2.19. The molecule has 132 valence electrons. The zero-order valence-corrected chi connectivity index (χ0v) is 15.0. The summed E-state index contributed by atoms with van der Waals surface area (Å²) in [5, 5.41) is 3.56. The van der Waals surface area contributed by atoms with Crippen LogP contribution in [0.2, 0.25) is 0 Å². The molecule has 0 saturated heterocycles. The molecule has 2 aromatic rings. The number of hydrogen-bond acceptors (Lipinski definition) is 4. The van der Waals surface area contributed by atoms with Crippen molar-refractivity contribution in [1.29, 1.82) is 0 Å². The number of nitrogens with one attached hydrogen (secondary N) is 3. The molecule has 0 unspecified atom stereocenters. The van der Waals surface area contributed by atoms with Crippen LogP contribution in [0.3, 0.4) is 0 Å². The van der Waals surface area contributed by atoms with E-state index in [2.05, 4.69) is 28.3 Å². The van der Waals surface area contributed by atoms with Gasteiger partial charge in [0.05, 0.1) is 7.11 Å². The first-order chi connectivity index (χ1) is 12.2. The average molecular weight is 357 g/mol. The Morgan fingerprint density at radius 2 is 1.64 bits per heavy atom. The maximum absolute atomic E-state index is 11.9. The number of carbonyl (C=O) groups is 1. The maximum atomic E-state index is 11.9. The summed E-state index contributed by atoms with van der Waals surface area (Å²) in [4.78, 5) is 11.9. The van der Waals surface area contributed by atoms with Crippen LogP contribution in [0.15, 0.2) is 60.7 Å². The van der Waals surface area contributed by atoms with Gasteiger partial charge in [-0.2, -0.15) is 0 Å². The molecule has 1 atom stereocenters. The minimum absolute atomic E-state index is 0.344. The first-order valence-electron chi connectivity index (χ1n) is 8.14. The third-order valence-corrected chi connectivity index (χ3v) is 3.92. The summed E-state index contributed by atoms with van der Waals surface area (Å²) in [6.45, 7) is 0.707. The highest BCUT2D eigenvalue weighted by Gasteiger charge is 2.19. The van der Waals surface area contributed by atoms with E-state index >= 15 is 0 Å². The van der Waals surface area contributed by atoms with Crippen LogP contribution in [-0.2, 0) is 22.4 Å². The smallest absolute Gasteiger partial charge is 0.325 e. The molecule has 6 heteroatoms. The van der Waals surface area contributed by atoms with Crippen molar-refractivity contribution in [3.05, 3.63) is 71.8 Å². The summed E-state index contributed by atoms with van der Waals surface area (Å²) in [6, 6.07) is 19.4. The lowest BCUT2D eigenvalue weighted by atomic mass is 10.1. The quantitative estimate of drug-likeness (QED) is 0.382. The Morgan fingerprint density at radius 3 is 2.24 bits per heavy atom. The van der Waals surface area contributed by atoms with Crippen LogP contribution < -0.4 is 16.2 Å². The fourth-order valence-electron chi connectivity index (χ4n) is 2.35. The number of esters is 1. The first kappa shape index (κ1) is 18.9. The van der Waals surface area contributed by atoms with E-state index in [9.17, 15) is 4.79 Å². The predicted molar refractivity (Wildman–Crippen MR) is 103 cm³/mol. The fourth-order valence-corrected chi connectivity index (χ4v) is 2.51. The van der Waals surface area contributed by atoms with Gasteiger partial charge < -0.3 is 10.1 Å². The van der Waals surface area contributed by atoms with E-state index in [-0.39, 0.29) is 5.97 Å². The number of rotatable bonds is 8. The highest BCUT2D eigenvalue weighted by Crippen LogP contribution is 2.04. The number of hydrazine groups is 1. The van der Waals surface area contributed by atoms with Crippen LogP contribution >= 0.6 is 12.2 Å². The second-order valence-electron chi connectivity index (χ2n) is 5.53. The van der Waals surface area contributed by atoms with Crippen molar-refractivity contribution in [2.75, 3.05) is 13.7 Å². The number of ether oxygens (including phenoxy) is 1. The molecule has 3 N–H and O–H groups in total. The third kappa shape index (κ3) is 6.91. The molecule has 2 aromatic carbocycles. The van der Waals surface area contributed by atoms with Crippen LogP contribution in [-0.4, -0.2) is 30.8 Å². The Kier molecular flexibility index (Phi) is 7.88. The number of carbonyl (C=O) groups excluding carboxylic acids is 1. The van der Waals surface area contributed by atoms with Crippen LogP contribution in [0.5, 0.6) is 0 Å². The van der Waals surface area contributed by atoms with Crippen molar-refractivity contribution in [3.8, 4) is 0 Å². The van der Waals surface area contributed by atoms with Crippen molar-refractivity contribution in [3.63, 3.8) is 0 Å². The first-order valence-corrected chi connectivity index (χ1v) is 8.55. The molecule has 0 heterocycles. The molecule has 2 rings (SSSR count). The molecule has 0 aliphatic rings. The van der Waals surface area contributed by atoms with Crippen molar-refractivity contribution in [2.45, 2.75) is 18.9 Å². The Balaban J connectivity index is 1.77. The Bertz CT molecular complexity index is 665. The molecular weight excluding hydrogens is 334 g/mol. The van der Waals surface area contributed by atoms with Gasteiger partial charge in [0.2, 0.25) is 0 Å². The molecule has 0 aliphatic carbocycles. The molecule has 0 spiro atoms. The average Bonchev–Trinajstić information content (AvgIpc) is 2.66. The Labute approximate surface area is 153 Å². The van der Waals surface area contributed by atoms with Gasteiger partial charge in [-0.1, -0.05) is 60.7 Å². The summed E-state index contributed by atoms with van der Waals surface area (Å²) >= 11 is 5.24. The monoisotopic (exact) mass is 357 g/mol. The minimum atomic E-state index is -0.527. The van der Waals surface area contributed by atoms with Gasteiger partial charge in [0.1, 0.15) is 6.04 Å². The zero-order valence-electron chi connectivity index (χ0n) is 14.2. The molecule has 0 aromatic heterocycles. The van der Waals surface area contributed by atoms with Crippen LogP contribution in [0.25, 0.3) is 0 Å². The largest absolute Gasteiger partial charge is 0.468 e. The topological polar surface area (TPSA) is 62.4 Å². The van der Waals surface area contributed by atoms with Gasteiger partial charge >= 0.3 is 5.97 Å². The van der Waals surface area contributed by atoms with Crippen molar-refractivity contribution >= 4 is 23.3 Å². The van der Waals surface area contributed by atoms with E-state index < -0.39 is 6.04 Å². The highest BCUT2D eigenvalue weighted by molar-refractivity contribution is 7.80. The van der Waals surface area contributed by atoms with Crippen molar-refractivity contribution in [1.82, 2.24) is 16.2 Å². The second kappa shape index (κ2) is 10.4. The molecule has 25 heavy (non-hydrogen) atoms. The maximum Gasteiger partial charge on any atom is 0.325 e. The molecule has 0 bridgehead atoms. The Morgan fingerprint density at radius 1 is 1.04 bits per heavy atom. The van der Waals surface area contributed by atoms with E-state index in [0.29, 0.717) is 18.1 Å². The molecular formula is C19H23N3O2S. The predicted octanol–water partition coefficient (Wildman–Crippen LogP) is 1.98. The standard InChI is InChI=1S/C19H23N3O2S/c1-24-18(23)17(14-16-10-6-3-7-11-16)21-22-19(25)20-13-12-15-8-4-2-5-9-15/h2-11,17,21H,12-14H2,1H3,(H2,20,22,25)/t17-/m0/s1. The number of thiocarbonyl (C=S) groups is 1. The summed E-state index contributed by atoms with van der Waals surface area (Å²) in [6.07, 6.45) is 1.38. The summed E-state index contributed by atoms with van der Waals surface area (Å²) in [5.74, 6) is -0.344. The molecule has 0 saturated carbocycles. The van der Waals surface area contributed by atoms with Gasteiger partial charge in [-0.05, 0) is 29.8 Å². The molecule has 5 nitrogen and oxygen atoms in total. The number of methoxy groups -OCH3 is 1.